The van der Waals surface area contributed by atoms with Gasteiger partial charge in [0.25, 0.3) is 0 Å². The summed E-state index contributed by atoms with van der Waals surface area (Å²) in [5.74, 6) is -0.664. The number of rotatable bonds is 3. The predicted molar refractivity (Wildman–Crippen MR) is 119 cm³/mol. The SMILES string of the molecule is Cc1ccc(O)c(C(=O)c2oc3c(c2-c2ccccc2)c(=O)oc2ccc(C)cc23)c1. The van der Waals surface area contributed by atoms with Gasteiger partial charge in [0, 0.05) is 5.56 Å². The van der Waals surface area contributed by atoms with Gasteiger partial charge >= 0.3 is 5.63 Å². The predicted octanol–water partition coefficient (Wildman–Crippen LogP) is 5.76. The number of hydrogen-bond acceptors (Lipinski definition) is 5. The summed E-state index contributed by atoms with van der Waals surface area (Å²) in [4.78, 5) is 26.5. The minimum absolute atomic E-state index is 0.0107. The van der Waals surface area contributed by atoms with Crippen LogP contribution in [0.1, 0.15) is 27.2 Å². The molecule has 2 aromatic heterocycles. The summed E-state index contributed by atoms with van der Waals surface area (Å²) in [6.45, 7) is 3.76. The Bertz CT molecular complexity index is 1540. The molecule has 0 bridgehead atoms. The summed E-state index contributed by atoms with van der Waals surface area (Å²) < 4.78 is 11.7. The third kappa shape index (κ3) is 3.02. The van der Waals surface area contributed by atoms with E-state index < -0.39 is 11.4 Å². The number of aromatic hydroxyl groups is 1. The van der Waals surface area contributed by atoms with Crippen molar-refractivity contribution < 1.29 is 18.7 Å². The molecule has 0 aliphatic heterocycles. The average Bonchev–Trinajstić information content (AvgIpc) is 3.18. The Morgan fingerprint density at radius 1 is 0.871 bits per heavy atom. The van der Waals surface area contributed by atoms with E-state index in [9.17, 15) is 14.7 Å². The van der Waals surface area contributed by atoms with Gasteiger partial charge < -0.3 is 13.9 Å². The second-order valence-corrected chi connectivity index (χ2v) is 7.62. The largest absolute Gasteiger partial charge is 0.507 e. The number of carbonyl (C=O) groups excluding carboxylic acids is 1. The number of phenolic OH excluding ortho intramolecular Hbond substituents is 1. The zero-order chi connectivity index (χ0) is 21.7. The van der Waals surface area contributed by atoms with Crippen LogP contribution in [0.15, 0.2) is 80.4 Å². The first-order chi connectivity index (χ1) is 14.9. The summed E-state index contributed by atoms with van der Waals surface area (Å²) in [6.07, 6.45) is 0. The van der Waals surface area contributed by atoms with Gasteiger partial charge in [0.15, 0.2) is 11.3 Å². The maximum atomic E-state index is 13.5. The van der Waals surface area contributed by atoms with Crippen molar-refractivity contribution in [1.82, 2.24) is 0 Å². The van der Waals surface area contributed by atoms with Crippen LogP contribution in [0, 0.1) is 13.8 Å². The molecule has 0 fully saturated rings. The van der Waals surface area contributed by atoms with Crippen LogP contribution in [-0.2, 0) is 0 Å². The first-order valence-corrected chi connectivity index (χ1v) is 9.84. The standard InChI is InChI=1S/C26H18O5/c1-14-8-10-19(27)17(12-14)23(28)25-21(16-6-4-3-5-7-16)22-24(31-25)18-13-15(2)9-11-20(18)30-26(22)29/h3-13,27H,1-2H3. The summed E-state index contributed by atoms with van der Waals surface area (Å²) in [7, 11) is 0. The molecule has 0 radical (unpaired) electrons. The molecule has 5 nitrogen and oxygen atoms in total. The van der Waals surface area contributed by atoms with Crippen LogP contribution >= 0.6 is 0 Å². The minimum Gasteiger partial charge on any atom is -0.507 e. The number of carbonyl (C=O) groups is 1. The molecule has 5 aromatic rings. The third-order valence-electron chi connectivity index (χ3n) is 5.36. The van der Waals surface area contributed by atoms with E-state index in [1.807, 2.05) is 44.2 Å². The van der Waals surface area contributed by atoms with E-state index in [1.54, 1.807) is 30.3 Å². The quantitative estimate of drug-likeness (QED) is 0.302. The van der Waals surface area contributed by atoms with Crippen LogP contribution in [0.3, 0.4) is 0 Å². The maximum absolute atomic E-state index is 13.5. The number of furan rings is 1. The Hall–Kier alpha value is -4.12. The van der Waals surface area contributed by atoms with Crippen molar-refractivity contribution in [1.29, 1.82) is 0 Å². The molecule has 31 heavy (non-hydrogen) atoms. The van der Waals surface area contributed by atoms with Gasteiger partial charge in [0.05, 0.1) is 10.9 Å². The van der Waals surface area contributed by atoms with Gasteiger partial charge in [-0.05, 0) is 43.7 Å². The zero-order valence-corrected chi connectivity index (χ0v) is 16.9. The Balaban J connectivity index is 1.92. The molecule has 0 aliphatic carbocycles. The highest BCUT2D eigenvalue weighted by Crippen LogP contribution is 2.38. The fourth-order valence-electron chi connectivity index (χ4n) is 3.87. The average molecular weight is 410 g/mol. The Labute approximate surface area is 177 Å². The van der Waals surface area contributed by atoms with Crippen molar-refractivity contribution in [3.8, 4) is 16.9 Å². The molecule has 152 valence electrons. The van der Waals surface area contributed by atoms with E-state index in [2.05, 4.69) is 0 Å². The molecule has 0 spiro atoms. The molecule has 5 rings (SSSR count). The van der Waals surface area contributed by atoms with E-state index in [0.717, 1.165) is 11.1 Å². The summed E-state index contributed by atoms with van der Waals surface area (Å²) in [6, 6.07) is 19.3. The Morgan fingerprint density at radius 3 is 2.35 bits per heavy atom. The van der Waals surface area contributed by atoms with Gasteiger partial charge in [0.1, 0.15) is 16.7 Å². The normalized spacial score (nSPS) is 11.3. The molecular formula is C26H18O5. The molecule has 0 unspecified atom stereocenters. The first kappa shape index (κ1) is 18.9. The van der Waals surface area contributed by atoms with E-state index in [4.69, 9.17) is 8.83 Å². The van der Waals surface area contributed by atoms with Crippen molar-refractivity contribution in [2.45, 2.75) is 13.8 Å². The molecular weight excluding hydrogens is 392 g/mol. The zero-order valence-electron chi connectivity index (χ0n) is 16.9. The van der Waals surface area contributed by atoms with Crippen LogP contribution in [0.5, 0.6) is 5.75 Å². The van der Waals surface area contributed by atoms with Gasteiger partial charge in [0.2, 0.25) is 5.78 Å². The lowest BCUT2D eigenvalue weighted by atomic mass is 9.97. The van der Waals surface area contributed by atoms with E-state index in [0.29, 0.717) is 27.7 Å². The second-order valence-electron chi connectivity index (χ2n) is 7.62. The number of phenols is 1. The van der Waals surface area contributed by atoms with E-state index >= 15 is 0 Å². The number of benzene rings is 3. The molecule has 0 atom stereocenters. The molecule has 5 heteroatoms. The van der Waals surface area contributed by atoms with E-state index in [1.165, 1.54) is 6.07 Å². The summed E-state index contributed by atoms with van der Waals surface area (Å²) in [5.41, 5.74) is 3.00. The van der Waals surface area contributed by atoms with Gasteiger partial charge in [-0.3, -0.25) is 4.79 Å². The maximum Gasteiger partial charge on any atom is 0.348 e. The highest BCUT2D eigenvalue weighted by molar-refractivity contribution is 6.19. The molecule has 1 N–H and O–H groups in total. The Kier molecular flexibility index (Phi) is 4.26. The lowest BCUT2D eigenvalue weighted by molar-refractivity contribution is 0.101. The smallest absolute Gasteiger partial charge is 0.348 e. The van der Waals surface area contributed by atoms with Gasteiger partial charge in [-0.2, -0.15) is 0 Å². The summed E-state index contributed by atoms with van der Waals surface area (Å²) >= 11 is 0. The van der Waals surface area contributed by atoms with Crippen LogP contribution in [0.4, 0.5) is 0 Å². The van der Waals surface area contributed by atoms with Crippen molar-refractivity contribution >= 4 is 27.7 Å². The Morgan fingerprint density at radius 2 is 1.58 bits per heavy atom. The fourth-order valence-corrected chi connectivity index (χ4v) is 3.87. The van der Waals surface area contributed by atoms with Gasteiger partial charge in [-0.25, -0.2) is 4.79 Å². The van der Waals surface area contributed by atoms with Crippen molar-refractivity contribution in [2.75, 3.05) is 0 Å². The van der Waals surface area contributed by atoms with Gasteiger partial charge in [-0.1, -0.05) is 53.6 Å². The topological polar surface area (TPSA) is 80.6 Å². The molecule has 0 aliphatic rings. The number of aryl methyl sites for hydroxylation is 2. The highest BCUT2D eigenvalue weighted by atomic mass is 16.4. The van der Waals surface area contributed by atoms with Gasteiger partial charge in [-0.15, -0.1) is 0 Å². The van der Waals surface area contributed by atoms with Crippen LogP contribution < -0.4 is 5.63 Å². The minimum atomic E-state index is -0.582. The highest BCUT2D eigenvalue weighted by Gasteiger charge is 2.28. The first-order valence-electron chi connectivity index (χ1n) is 9.84. The number of fused-ring (bicyclic) bond motifs is 3. The number of ketones is 1. The molecule has 0 saturated heterocycles. The molecule has 0 saturated carbocycles. The van der Waals surface area contributed by atoms with Crippen molar-refractivity contribution in [3.63, 3.8) is 0 Å². The van der Waals surface area contributed by atoms with Crippen LogP contribution in [-0.4, -0.2) is 10.9 Å². The monoisotopic (exact) mass is 410 g/mol. The second kappa shape index (κ2) is 6.99. The summed E-state index contributed by atoms with van der Waals surface area (Å²) in [5, 5.41) is 11.1. The number of hydrogen-bond donors (Lipinski definition) is 1. The fraction of sp³-hybridized carbons (Fsp3) is 0.0769. The molecule has 0 amide bonds. The van der Waals surface area contributed by atoms with Crippen LogP contribution in [0.2, 0.25) is 0 Å². The molecule has 2 heterocycles. The van der Waals surface area contributed by atoms with Crippen molar-refractivity contribution in [3.05, 3.63) is 99.6 Å². The van der Waals surface area contributed by atoms with Crippen LogP contribution in [0.25, 0.3) is 33.1 Å². The third-order valence-corrected chi connectivity index (χ3v) is 5.36. The molecule has 3 aromatic carbocycles. The van der Waals surface area contributed by atoms with Crippen molar-refractivity contribution in [2.24, 2.45) is 0 Å². The lowest BCUT2D eigenvalue weighted by Crippen LogP contribution is -2.04. The van der Waals surface area contributed by atoms with E-state index in [-0.39, 0.29) is 22.5 Å². The lowest BCUT2D eigenvalue weighted by Gasteiger charge is -2.06.